The lowest BCUT2D eigenvalue weighted by atomic mass is 10.1. The molecule has 1 aliphatic rings. The Balaban J connectivity index is 2.13. The fraction of sp³-hybridized carbons (Fsp3) is 0.417. The van der Waals surface area contributed by atoms with Crippen LogP contribution in [0.25, 0.3) is 0 Å². The van der Waals surface area contributed by atoms with Crippen LogP contribution in [0.5, 0.6) is 0 Å². The number of nitrogens with one attached hydrogen (secondary N) is 1. The number of hydrogen-bond donors (Lipinski definition) is 2. The van der Waals surface area contributed by atoms with Gasteiger partial charge < -0.3 is 15.8 Å². The Hall–Kier alpha value is -1.55. The van der Waals surface area contributed by atoms with Crippen LogP contribution in [-0.2, 0) is 4.74 Å². The molecule has 0 aromatic heterocycles. The van der Waals surface area contributed by atoms with Crippen molar-refractivity contribution in [1.82, 2.24) is 5.32 Å². The molecule has 3 N–H and O–H groups in total. The second kappa shape index (κ2) is 4.53. The molecule has 16 heavy (non-hydrogen) atoms. The van der Waals surface area contributed by atoms with Crippen molar-refractivity contribution >= 4 is 11.6 Å². The highest BCUT2D eigenvalue weighted by Crippen LogP contribution is 2.16. The smallest absolute Gasteiger partial charge is 0.253 e. The predicted octanol–water partition coefficient (Wildman–Crippen LogP) is 1.10. The minimum atomic E-state index is -0.105. The normalized spacial score (nSPS) is 19.7. The molecule has 2 rings (SSSR count). The van der Waals surface area contributed by atoms with Crippen LogP contribution in [-0.4, -0.2) is 25.2 Å². The maximum Gasteiger partial charge on any atom is 0.253 e. The zero-order valence-corrected chi connectivity index (χ0v) is 9.32. The lowest BCUT2D eigenvalue weighted by Gasteiger charge is -2.13. The summed E-state index contributed by atoms with van der Waals surface area (Å²) < 4.78 is 5.21. The highest BCUT2D eigenvalue weighted by molar-refractivity contribution is 6.00. The average Bonchev–Trinajstić information content (AvgIpc) is 2.70. The molecular formula is C12H16N2O2. The molecule has 0 aliphatic carbocycles. The van der Waals surface area contributed by atoms with Gasteiger partial charge in [-0.2, -0.15) is 0 Å². The van der Waals surface area contributed by atoms with E-state index in [4.69, 9.17) is 10.5 Å². The van der Waals surface area contributed by atoms with Gasteiger partial charge in [0.2, 0.25) is 0 Å². The SMILES string of the molecule is Cc1cccc(N)c1C(=O)NC1CCOC1. The molecule has 86 valence electrons. The van der Waals surface area contributed by atoms with Crippen LogP contribution in [0, 0.1) is 6.92 Å². The number of nitrogens with two attached hydrogens (primary N) is 1. The van der Waals surface area contributed by atoms with Crippen molar-refractivity contribution in [3.63, 3.8) is 0 Å². The van der Waals surface area contributed by atoms with Crippen LogP contribution in [0.15, 0.2) is 18.2 Å². The van der Waals surface area contributed by atoms with E-state index in [1.54, 1.807) is 6.07 Å². The van der Waals surface area contributed by atoms with Gasteiger partial charge in [0.15, 0.2) is 0 Å². The van der Waals surface area contributed by atoms with Gasteiger partial charge in [0, 0.05) is 12.3 Å². The molecule has 1 aromatic carbocycles. The van der Waals surface area contributed by atoms with Crippen molar-refractivity contribution in [2.45, 2.75) is 19.4 Å². The quantitative estimate of drug-likeness (QED) is 0.733. The molecule has 1 heterocycles. The summed E-state index contributed by atoms with van der Waals surface area (Å²) in [4.78, 5) is 12.0. The fourth-order valence-corrected chi connectivity index (χ4v) is 1.91. The monoisotopic (exact) mass is 220 g/mol. The molecule has 1 atom stereocenters. The van der Waals surface area contributed by atoms with Gasteiger partial charge in [-0.05, 0) is 25.0 Å². The lowest BCUT2D eigenvalue weighted by Crippen LogP contribution is -2.35. The van der Waals surface area contributed by atoms with Crippen molar-refractivity contribution in [2.75, 3.05) is 18.9 Å². The van der Waals surface area contributed by atoms with Gasteiger partial charge in [-0.15, -0.1) is 0 Å². The van der Waals surface area contributed by atoms with Gasteiger partial charge >= 0.3 is 0 Å². The molecule has 0 spiro atoms. The van der Waals surface area contributed by atoms with Crippen LogP contribution in [0.1, 0.15) is 22.3 Å². The molecule has 4 heteroatoms. The first-order chi connectivity index (χ1) is 7.68. The summed E-state index contributed by atoms with van der Waals surface area (Å²) in [6, 6.07) is 5.59. The molecule has 0 radical (unpaired) electrons. The highest BCUT2D eigenvalue weighted by atomic mass is 16.5. The van der Waals surface area contributed by atoms with Crippen molar-refractivity contribution < 1.29 is 9.53 Å². The van der Waals surface area contributed by atoms with Crippen molar-refractivity contribution in [3.05, 3.63) is 29.3 Å². The molecule has 1 fully saturated rings. The number of nitrogen functional groups attached to an aromatic ring is 1. The summed E-state index contributed by atoms with van der Waals surface area (Å²) in [5.41, 5.74) is 7.81. The third-order valence-electron chi connectivity index (χ3n) is 2.80. The van der Waals surface area contributed by atoms with Crippen LogP contribution >= 0.6 is 0 Å². The molecule has 1 aliphatic heterocycles. The van der Waals surface area contributed by atoms with E-state index < -0.39 is 0 Å². The molecule has 0 bridgehead atoms. The van der Waals surface area contributed by atoms with Gasteiger partial charge in [0.1, 0.15) is 0 Å². The van der Waals surface area contributed by atoms with Crippen molar-refractivity contribution in [3.8, 4) is 0 Å². The molecule has 1 aromatic rings. The summed E-state index contributed by atoms with van der Waals surface area (Å²) in [5.74, 6) is -0.105. The van der Waals surface area contributed by atoms with Gasteiger partial charge in [-0.25, -0.2) is 0 Å². The molecule has 1 saturated heterocycles. The van der Waals surface area contributed by atoms with Gasteiger partial charge in [0.25, 0.3) is 5.91 Å². The zero-order valence-electron chi connectivity index (χ0n) is 9.32. The third-order valence-corrected chi connectivity index (χ3v) is 2.80. The number of carbonyl (C=O) groups is 1. The van der Waals surface area contributed by atoms with Crippen molar-refractivity contribution in [1.29, 1.82) is 0 Å². The minimum absolute atomic E-state index is 0.105. The number of aryl methyl sites for hydroxylation is 1. The predicted molar refractivity (Wildman–Crippen MR) is 62.3 cm³/mol. The molecule has 1 amide bonds. The van der Waals surface area contributed by atoms with Crippen LogP contribution in [0.3, 0.4) is 0 Å². The Morgan fingerprint density at radius 3 is 3.00 bits per heavy atom. The molecule has 4 nitrogen and oxygen atoms in total. The number of carbonyl (C=O) groups excluding carboxylic acids is 1. The standard InChI is InChI=1S/C12H16N2O2/c1-8-3-2-4-10(13)11(8)12(15)14-9-5-6-16-7-9/h2-4,9H,5-7,13H2,1H3,(H,14,15). The molecule has 1 unspecified atom stereocenters. The Bertz CT molecular complexity index is 378. The maximum atomic E-state index is 12.0. The summed E-state index contributed by atoms with van der Waals surface area (Å²) in [6.07, 6.45) is 0.873. The van der Waals surface area contributed by atoms with E-state index in [9.17, 15) is 4.79 Å². The van der Waals surface area contributed by atoms with E-state index in [0.29, 0.717) is 24.5 Å². The number of amides is 1. The second-order valence-electron chi connectivity index (χ2n) is 4.07. The average molecular weight is 220 g/mol. The fourth-order valence-electron chi connectivity index (χ4n) is 1.91. The number of ether oxygens (including phenoxy) is 1. The van der Waals surface area contributed by atoms with E-state index in [0.717, 1.165) is 12.0 Å². The molecule has 0 saturated carbocycles. The summed E-state index contributed by atoms with van der Waals surface area (Å²) in [6.45, 7) is 3.20. The first-order valence-electron chi connectivity index (χ1n) is 5.42. The topological polar surface area (TPSA) is 64.4 Å². The summed E-state index contributed by atoms with van der Waals surface area (Å²) >= 11 is 0. The lowest BCUT2D eigenvalue weighted by molar-refractivity contribution is 0.0930. The zero-order chi connectivity index (χ0) is 11.5. The van der Waals surface area contributed by atoms with Crippen LogP contribution in [0.4, 0.5) is 5.69 Å². The van der Waals surface area contributed by atoms with E-state index in [1.807, 2.05) is 19.1 Å². The molecular weight excluding hydrogens is 204 g/mol. The maximum absolute atomic E-state index is 12.0. The van der Waals surface area contributed by atoms with Crippen molar-refractivity contribution in [2.24, 2.45) is 0 Å². The number of hydrogen-bond acceptors (Lipinski definition) is 3. The minimum Gasteiger partial charge on any atom is -0.398 e. The van der Waals surface area contributed by atoms with E-state index in [-0.39, 0.29) is 11.9 Å². The number of anilines is 1. The second-order valence-corrected chi connectivity index (χ2v) is 4.07. The Morgan fingerprint density at radius 1 is 1.56 bits per heavy atom. The van der Waals surface area contributed by atoms with Gasteiger partial charge in [-0.3, -0.25) is 4.79 Å². The highest BCUT2D eigenvalue weighted by Gasteiger charge is 2.20. The van der Waals surface area contributed by atoms with E-state index in [2.05, 4.69) is 5.32 Å². The van der Waals surface area contributed by atoms with E-state index in [1.165, 1.54) is 0 Å². The van der Waals surface area contributed by atoms with Gasteiger partial charge in [0.05, 0.1) is 18.2 Å². The summed E-state index contributed by atoms with van der Waals surface area (Å²) in [7, 11) is 0. The Labute approximate surface area is 94.8 Å². The number of rotatable bonds is 2. The first kappa shape index (κ1) is 11.0. The third kappa shape index (κ3) is 2.17. The van der Waals surface area contributed by atoms with Crippen LogP contribution < -0.4 is 11.1 Å². The summed E-state index contributed by atoms with van der Waals surface area (Å²) in [5, 5.41) is 2.93. The van der Waals surface area contributed by atoms with Crippen LogP contribution in [0.2, 0.25) is 0 Å². The first-order valence-corrected chi connectivity index (χ1v) is 5.42. The Morgan fingerprint density at radius 2 is 2.38 bits per heavy atom. The number of benzene rings is 1. The Kier molecular flexibility index (Phi) is 3.10. The van der Waals surface area contributed by atoms with Gasteiger partial charge in [-0.1, -0.05) is 12.1 Å². The largest absolute Gasteiger partial charge is 0.398 e. The van der Waals surface area contributed by atoms with E-state index >= 15 is 0 Å².